The molecule has 0 fully saturated rings. The van der Waals surface area contributed by atoms with Gasteiger partial charge in [-0.25, -0.2) is 9.18 Å². The van der Waals surface area contributed by atoms with Crippen molar-refractivity contribution in [2.24, 2.45) is 0 Å². The number of hydrogen-bond donors (Lipinski definition) is 0. The summed E-state index contributed by atoms with van der Waals surface area (Å²) in [6.45, 7) is -0.0385. The lowest BCUT2D eigenvalue weighted by Gasteiger charge is -2.18. The van der Waals surface area contributed by atoms with Gasteiger partial charge in [0.15, 0.2) is 6.61 Å². The van der Waals surface area contributed by atoms with E-state index < -0.39 is 18.4 Å². The summed E-state index contributed by atoms with van der Waals surface area (Å²) in [6.07, 6.45) is 0. The first-order valence-electron chi connectivity index (χ1n) is 7.80. The Kier molecular flexibility index (Phi) is 6.11. The zero-order chi connectivity index (χ0) is 18.4. The van der Waals surface area contributed by atoms with Crippen LogP contribution in [0.3, 0.4) is 0 Å². The smallest absolute Gasteiger partial charge is 0.341 e. The van der Waals surface area contributed by atoms with Crippen LogP contribution in [0.25, 0.3) is 0 Å². The molecule has 0 unspecified atom stereocenters. The molecule has 0 bridgehead atoms. The van der Waals surface area contributed by atoms with Crippen molar-refractivity contribution < 1.29 is 18.7 Å². The second-order valence-electron chi connectivity index (χ2n) is 5.87. The number of benzene rings is 2. The highest BCUT2D eigenvalue weighted by atomic mass is 19.1. The van der Waals surface area contributed by atoms with Crippen LogP contribution >= 0.6 is 0 Å². The van der Waals surface area contributed by atoms with Gasteiger partial charge in [0.1, 0.15) is 5.82 Å². The summed E-state index contributed by atoms with van der Waals surface area (Å²) in [4.78, 5) is 27.3. The Morgan fingerprint density at radius 2 is 1.64 bits per heavy atom. The van der Waals surface area contributed by atoms with Crippen LogP contribution in [0.5, 0.6) is 0 Å². The average Bonchev–Trinajstić information content (AvgIpc) is 2.60. The Morgan fingerprint density at radius 3 is 2.24 bits per heavy atom. The summed E-state index contributed by atoms with van der Waals surface area (Å²) in [5.74, 6) is -1.88. The summed E-state index contributed by atoms with van der Waals surface area (Å²) in [7, 11) is 5.53. The van der Waals surface area contributed by atoms with Crippen molar-refractivity contribution in [2.75, 3.05) is 32.6 Å². The maximum absolute atomic E-state index is 13.5. The zero-order valence-electron chi connectivity index (χ0n) is 14.5. The molecule has 0 aliphatic rings. The molecule has 0 saturated carbocycles. The van der Waals surface area contributed by atoms with Crippen molar-refractivity contribution in [3.05, 3.63) is 65.5 Å². The van der Waals surface area contributed by atoms with Crippen molar-refractivity contribution in [1.82, 2.24) is 4.90 Å². The lowest BCUT2D eigenvalue weighted by Crippen LogP contribution is -2.31. The number of halogens is 1. The molecule has 5 nitrogen and oxygen atoms in total. The molecule has 6 heteroatoms. The van der Waals surface area contributed by atoms with E-state index in [9.17, 15) is 14.0 Å². The number of ether oxygens (including phenoxy) is 1. The van der Waals surface area contributed by atoms with Gasteiger partial charge in [-0.1, -0.05) is 24.3 Å². The molecule has 25 heavy (non-hydrogen) atoms. The number of hydrogen-bond acceptors (Lipinski definition) is 4. The minimum absolute atomic E-state index is 0.183. The van der Waals surface area contributed by atoms with Gasteiger partial charge in [-0.2, -0.15) is 0 Å². The number of rotatable bonds is 6. The standard InChI is InChI=1S/C19H21FN2O3/c1-21(2)15-10-8-14(9-11-15)12-22(3)18(23)13-25-19(24)16-6-4-5-7-17(16)20/h4-11H,12-13H2,1-3H3. The Labute approximate surface area is 146 Å². The number of esters is 1. The maximum Gasteiger partial charge on any atom is 0.341 e. The topological polar surface area (TPSA) is 49.9 Å². The van der Waals surface area contributed by atoms with Crippen molar-refractivity contribution >= 4 is 17.6 Å². The lowest BCUT2D eigenvalue weighted by molar-refractivity contribution is -0.133. The second-order valence-corrected chi connectivity index (χ2v) is 5.87. The number of nitrogens with zero attached hydrogens (tertiary/aromatic N) is 2. The van der Waals surface area contributed by atoms with Crippen LogP contribution in [0.4, 0.5) is 10.1 Å². The number of amides is 1. The first-order valence-corrected chi connectivity index (χ1v) is 7.80. The van der Waals surface area contributed by atoms with Gasteiger partial charge in [0.05, 0.1) is 5.56 Å². The SMILES string of the molecule is CN(Cc1ccc(N(C)C)cc1)C(=O)COC(=O)c1ccccc1F. The second kappa shape index (κ2) is 8.28. The van der Waals surface area contributed by atoms with Crippen LogP contribution in [0.1, 0.15) is 15.9 Å². The summed E-state index contributed by atoms with van der Waals surface area (Å²) >= 11 is 0. The van der Waals surface area contributed by atoms with Gasteiger partial charge in [0.25, 0.3) is 5.91 Å². The third-order valence-electron chi connectivity index (χ3n) is 3.72. The molecule has 132 valence electrons. The van der Waals surface area contributed by atoms with E-state index >= 15 is 0 Å². The molecule has 0 spiro atoms. The molecule has 0 saturated heterocycles. The molecule has 0 atom stereocenters. The molecule has 2 aromatic carbocycles. The first-order chi connectivity index (χ1) is 11.9. The zero-order valence-corrected chi connectivity index (χ0v) is 14.5. The van der Waals surface area contributed by atoms with Crippen LogP contribution in [0.15, 0.2) is 48.5 Å². The van der Waals surface area contributed by atoms with Gasteiger partial charge in [-0.3, -0.25) is 4.79 Å². The van der Waals surface area contributed by atoms with Crippen LogP contribution < -0.4 is 4.90 Å². The van der Waals surface area contributed by atoms with Crippen molar-refractivity contribution in [3.63, 3.8) is 0 Å². The number of carbonyl (C=O) groups is 2. The van der Waals surface area contributed by atoms with Crippen LogP contribution in [0.2, 0.25) is 0 Å². The van der Waals surface area contributed by atoms with E-state index in [0.29, 0.717) is 6.54 Å². The third-order valence-corrected chi connectivity index (χ3v) is 3.72. The Balaban J connectivity index is 1.88. The number of carbonyl (C=O) groups excluding carboxylic acids is 2. The van der Waals surface area contributed by atoms with Crippen molar-refractivity contribution in [2.45, 2.75) is 6.54 Å². The fraction of sp³-hybridized carbons (Fsp3) is 0.263. The van der Waals surface area contributed by atoms with E-state index in [0.717, 1.165) is 11.3 Å². The van der Waals surface area contributed by atoms with Gasteiger partial charge in [0, 0.05) is 33.4 Å². The van der Waals surface area contributed by atoms with Gasteiger partial charge in [0.2, 0.25) is 0 Å². The van der Waals surface area contributed by atoms with Crippen LogP contribution in [-0.2, 0) is 16.1 Å². The molecule has 0 aromatic heterocycles. The molecular weight excluding hydrogens is 323 g/mol. The van der Waals surface area contributed by atoms with E-state index in [1.165, 1.54) is 29.2 Å². The number of likely N-dealkylation sites (N-methyl/N-ethyl adjacent to an activating group) is 1. The normalized spacial score (nSPS) is 10.2. The lowest BCUT2D eigenvalue weighted by atomic mass is 10.2. The van der Waals surface area contributed by atoms with E-state index in [2.05, 4.69) is 0 Å². The van der Waals surface area contributed by atoms with E-state index in [1.807, 2.05) is 43.3 Å². The highest BCUT2D eigenvalue weighted by Crippen LogP contribution is 2.13. The minimum Gasteiger partial charge on any atom is -0.452 e. The predicted molar refractivity (Wildman–Crippen MR) is 93.9 cm³/mol. The largest absolute Gasteiger partial charge is 0.452 e. The fourth-order valence-electron chi connectivity index (χ4n) is 2.20. The van der Waals surface area contributed by atoms with Gasteiger partial charge in [-0.15, -0.1) is 0 Å². The van der Waals surface area contributed by atoms with Crippen LogP contribution in [0, 0.1) is 5.82 Å². The quantitative estimate of drug-likeness (QED) is 0.756. The summed E-state index contributed by atoms with van der Waals surface area (Å²) in [5.41, 5.74) is 1.84. The van der Waals surface area contributed by atoms with E-state index in [-0.39, 0.29) is 11.5 Å². The van der Waals surface area contributed by atoms with Crippen molar-refractivity contribution in [3.8, 4) is 0 Å². The predicted octanol–water partition coefficient (Wildman–Crippen LogP) is 2.71. The Morgan fingerprint density at radius 1 is 1.00 bits per heavy atom. The highest BCUT2D eigenvalue weighted by Gasteiger charge is 2.16. The molecule has 2 aromatic rings. The summed E-state index contributed by atoms with van der Waals surface area (Å²) < 4.78 is 18.4. The maximum atomic E-state index is 13.5. The highest BCUT2D eigenvalue weighted by molar-refractivity contribution is 5.91. The summed E-state index contributed by atoms with van der Waals surface area (Å²) in [5, 5.41) is 0. The first kappa shape index (κ1) is 18.4. The Bertz CT molecular complexity index is 745. The van der Waals surface area contributed by atoms with E-state index in [4.69, 9.17) is 4.74 Å². The monoisotopic (exact) mass is 344 g/mol. The van der Waals surface area contributed by atoms with Gasteiger partial charge < -0.3 is 14.5 Å². The minimum atomic E-state index is -0.852. The van der Waals surface area contributed by atoms with Gasteiger partial charge in [-0.05, 0) is 29.8 Å². The molecule has 1 amide bonds. The van der Waals surface area contributed by atoms with Gasteiger partial charge >= 0.3 is 5.97 Å². The van der Waals surface area contributed by atoms with E-state index in [1.54, 1.807) is 7.05 Å². The molecule has 0 aliphatic carbocycles. The summed E-state index contributed by atoms with van der Waals surface area (Å²) in [6, 6.07) is 13.3. The molecular formula is C19H21FN2O3. The van der Waals surface area contributed by atoms with Crippen molar-refractivity contribution in [1.29, 1.82) is 0 Å². The molecule has 0 aliphatic heterocycles. The third kappa shape index (κ3) is 5.04. The Hall–Kier alpha value is -2.89. The molecule has 0 N–H and O–H groups in total. The fourth-order valence-corrected chi connectivity index (χ4v) is 2.20. The average molecular weight is 344 g/mol. The molecule has 0 radical (unpaired) electrons. The molecule has 2 rings (SSSR count). The number of anilines is 1. The van der Waals surface area contributed by atoms with Crippen LogP contribution in [-0.4, -0.2) is 44.5 Å². The molecule has 0 heterocycles.